The molecule has 2 atom stereocenters. The van der Waals surface area contributed by atoms with Crippen molar-refractivity contribution in [2.75, 3.05) is 0 Å². The molecule has 0 aliphatic heterocycles. The molecule has 2 unspecified atom stereocenters. The van der Waals surface area contributed by atoms with Gasteiger partial charge in [0.2, 0.25) is 0 Å². The van der Waals surface area contributed by atoms with Crippen LogP contribution in [0.15, 0.2) is 18.5 Å². The van der Waals surface area contributed by atoms with Crippen molar-refractivity contribution in [3.63, 3.8) is 0 Å². The van der Waals surface area contributed by atoms with Crippen LogP contribution in [0.3, 0.4) is 0 Å². The Hall–Kier alpha value is -0.600. The molecule has 2 saturated carbocycles. The first-order chi connectivity index (χ1) is 8.66. The first-order valence-electron chi connectivity index (χ1n) is 6.97. The molecular weight excluding hydrogens is 246 g/mol. The van der Waals surface area contributed by atoms with E-state index in [0.717, 1.165) is 36.7 Å². The fourth-order valence-corrected chi connectivity index (χ4v) is 3.60. The first kappa shape index (κ1) is 12.4. The molecular formula is C15H20ClNO. The number of nitrogens with zero attached hydrogens (tertiary/aromatic N) is 1. The summed E-state index contributed by atoms with van der Waals surface area (Å²) in [6.07, 6.45) is 11.2. The number of aromatic nitrogens is 1. The second kappa shape index (κ2) is 4.82. The number of aliphatic hydroxyl groups is 1. The molecule has 0 radical (unpaired) electrons. The van der Waals surface area contributed by atoms with Gasteiger partial charge in [0, 0.05) is 18.8 Å². The van der Waals surface area contributed by atoms with Crippen LogP contribution in [-0.4, -0.2) is 15.7 Å². The summed E-state index contributed by atoms with van der Waals surface area (Å²) in [6.45, 7) is 0. The van der Waals surface area contributed by atoms with Crippen molar-refractivity contribution in [3.8, 4) is 0 Å². The summed E-state index contributed by atoms with van der Waals surface area (Å²) in [4.78, 5) is 4.00. The van der Waals surface area contributed by atoms with Crippen molar-refractivity contribution in [2.24, 2.45) is 11.8 Å². The smallest absolute Gasteiger partial charge is 0.0691 e. The molecule has 0 aromatic carbocycles. The van der Waals surface area contributed by atoms with Gasteiger partial charge in [-0.15, -0.1) is 0 Å². The summed E-state index contributed by atoms with van der Waals surface area (Å²) < 4.78 is 0. The zero-order chi connectivity index (χ0) is 12.6. The van der Waals surface area contributed by atoms with Crippen LogP contribution in [0.2, 0.25) is 5.02 Å². The minimum absolute atomic E-state index is 0.545. The third-order valence-electron chi connectivity index (χ3n) is 4.52. The van der Waals surface area contributed by atoms with Gasteiger partial charge < -0.3 is 5.11 Å². The number of hydrogen-bond acceptors (Lipinski definition) is 2. The van der Waals surface area contributed by atoms with E-state index in [0.29, 0.717) is 11.4 Å². The summed E-state index contributed by atoms with van der Waals surface area (Å²) in [5.74, 6) is 1.63. The van der Waals surface area contributed by atoms with Crippen molar-refractivity contribution < 1.29 is 5.11 Å². The molecule has 2 nitrogen and oxygen atoms in total. The standard InChI is InChI=1S/C15H20ClNO/c16-14-10-17-7-5-13(14)9-15(18)6-1-2-12(8-15)11-3-4-11/h5,7,10-12,18H,1-4,6,8-9H2. The molecule has 1 aromatic rings. The van der Waals surface area contributed by atoms with Crippen molar-refractivity contribution >= 4 is 11.6 Å². The van der Waals surface area contributed by atoms with Gasteiger partial charge in [-0.05, 0) is 55.6 Å². The third kappa shape index (κ3) is 2.70. The van der Waals surface area contributed by atoms with Crippen LogP contribution in [0.4, 0.5) is 0 Å². The van der Waals surface area contributed by atoms with Crippen LogP contribution in [0.1, 0.15) is 44.1 Å². The zero-order valence-electron chi connectivity index (χ0n) is 10.6. The van der Waals surface area contributed by atoms with Gasteiger partial charge in [-0.1, -0.05) is 18.0 Å². The van der Waals surface area contributed by atoms with E-state index in [1.54, 1.807) is 12.4 Å². The van der Waals surface area contributed by atoms with Gasteiger partial charge in [0.1, 0.15) is 0 Å². The quantitative estimate of drug-likeness (QED) is 0.906. The lowest BCUT2D eigenvalue weighted by atomic mass is 9.73. The molecule has 0 spiro atoms. The van der Waals surface area contributed by atoms with E-state index in [2.05, 4.69) is 4.98 Å². The average molecular weight is 266 g/mol. The summed E-state index contributed by atoms with van der Waals surface area (Å²) in [7, 11) is 0. The van der Waals surface area contributed by atoms with Crippen LogP contribution in [0.25, 0.3) is 0 Å². The number of rotatable bonds is 3. The summed E-state index contributed by atoms with van der Waals surface area (Å²) in [5.41, 5.74) is 0.488. The van der Waals surface area contributed by atoms with E-state index >= 15 is 0 Å². The molecule has 0 bridgehead atoms. The van der Waals surface area contributed by atoms with E-state index in [1.807, 2.05) is 6.07 Å². The second-order valence-corrected chi connectivity index (χ2v) is 6.47. The Labute approximate surface area is 113 Å². The Bertz CT molecular complexity index is 432. The molecule has 2 fully saturated rings. The topological polar surface area (TPSA) is 33.1 Å². The van der Waals surface area contributed by atoms with Crippen molar-refractivity contribution in [2.45, 2.75) is 50.5 Å². The third-order valence-corrected chi connectivity index (χ3v) is 4.86. The molecule has 1 aromatic heterocycles. The molecule has 3 heteroatoms. The Morgan fingerprint density at radius 3 is 2.89 bits per heavy atom. The van der Waals surface area contributed by atoms with Gasteiger partial charge in [-0.2, -0.15) is 0 Å². The number of halogens is 1. The molecule has 3 rings (SSSR count). The normalized spacial score (nSPS) is 32.4. The van der Waals surface area contributed by atoms with Crippen molar-refractivity contribution in [1.29, 1.82) is 0 Å². The summed E-state index contributed by atoms with van der Waals surface area (Å²) >= 11 is 6.14. The van der Waals surface area contributed by atoms with Crippen molar-refractivity contribution in [3.05, 3.63) is 29.0 Å². The largest absolute Gasteiger partial charge is 0.390 e. The maximum atomic E-state index is 10.8. The highest BCUT2D eigenvalue weighted by atomic mass is 35.5. The lowest BCUT2D eigenvalue weighted by Gasteiger charge is -2.37. The SMILES string of the molecule is OC1(Cc2ccncc2Cl)CCCC(C2CC2)C1. The van der Waals surface area contributed by atoms with Crippen LogP contribution >= 0.6 is 11.6 Å². The van der Waals surface area contributed by atoms with E-state index in [1.165, 1.54) is 19.3 Å². The van der Waals surface area contributed by atoms with Crippen molar-refractivity contribution in [1.82, 2.24) is 4.98 Å². The van der Waals surface area contributed by atoms with Crippen LogP contribution in [0, 0.1) is 11.8 Å². The van der Waals surface area contributed by atoms with Gasteiger partial charge in [0.25, 0.3) is 0 Å². The first-order valence-corrected chi connectivity index (χ1v) is 7.35. The summed E-state index contributed by atoms with van der Waals surface area (Å²) in [5, 5.41) is 11.5. The molecule has 98 valence electrons. The van der Waals surface area contributed by atoms with E-state index in [4.69, 9.17) is 11.6 Å². The second-order valence-electron chi connectivity index (χ2n) is 6.06. The Morgan fingerprint density at radius 1 is 1.33 bits per heavy atom. The average Bonchev–Trinajstić information content (AvgIpc) is 3.16. The lowest BCUT2D eigenvalue weighted by Crippen LogP contribution is -2.38. The lowest BCUT2D eigenvalue weighted by molar-refractivity contribution is -0.0195. The maximum absolute atomic E-state index is 10.8. The highest BCUT2D eigenvalue weighted by molar-refractivity contribution is 6.31. The van der Waals surface area contributed by atoms with Crippen LogP contribution in [0.5, 0.6) is 0 Å². The molecule has 0 amide bonds. The van der Waals surface area contributed by atoms with Gasteiger partial charge in [0.15, 0.2) is 0 Å². The predicted molar refractivity (Wildman–Crippen MR) is 72.6 cm³/mol. The Kier molecular flexibility index (Phi) is 3.33. The molecule has 1 N–H and O–H groups in total. The monoisotopic (exact) mass is 265 g/mol. The fourth-order valence-electron chi connectivity index (χ4n) is 3.42. The highest BCUT2D eigenvalue weighted by Crippen LogP contribution is 2.47. The van der Waals surface area contributed by atoms with Gasteiger partial charge >= 0.3 is 0 Å². The zero-order valence-corrected chi connectivity index (χ0v) is 11.4. The Morgan fingerprint density at radius 2 is 2.17 bits per heavy atom. The summed E-state index contributed by atoms with van der Waals surface area (Å²) in [6, 6.07) is 1.93. The Balaban J connectivity index is 1.72. The van der Waals surface area contributed by atoms with Gasteiger partial charge in [-0.3, -0.25) is 4.98 Å². The van der Waals surface area contributed by atoms with E-state index in [9.17, 15) is 5.11 Å². The molecule has 0 saturated heterocycles. The minimum Gasteiger partial charge on any atom is -0.390 e. The van der Waals surface area contributed by atoms with Crippen LogP contribution < -0.4 is 0 Å². The van der Waals surface area contributed by atoms with Crippen LogP contribution in [-0.2, 0) is 6.42 Å². The molecule has 1 heterocycles. The van der Waals surface area contributed by atoms with Gasteiger partial charge in [0.05, 0.1) is 10.6 Å². The fraction of sp³-hybridized carbons (Fsp3) is 0.667. The predicted octanol–water partition coefficient (Wildman–Crippen LogP) is 3.61. The van der Waals surface area contributed by atoms with E-state index in [-0.39, 0.29) is 0 Å². The van der Waals surface area contributed by atoms with E-state index < -0.39 is 5.60 Å². The number of pyridine rings is 1. The molecule has 2 aliphatic carbocycles. The van der Waals surface area contributed by atoms with Gasteiger partial charge in [-0.25, -0.2) is 0 Å². The molecule has 2 aliphatic rings. The maximum Gasteiger partial charge on any atom is 0.0691 e. The molecule has 18 heavy (non-hydrogen) atoms. The highest BCUT2D eigenvalue weighted by Gasteiger charge is 2.41. The minimum atomic E-state index is -0.545. The number of hydrogen-bond donors (Lipinski definition) is 1.